The molecule has 0 atom stereocenters. The summed E-state index contributed by atoms with van der Waals surface area (Å²) in [4.78, 5) is 12.4. The second-order valence-electron chi connectivity index (χ2n) is 4.21. The summed E-state index contributed by atoms with van der Waals surface area (Å²) in [6.45, 7) is 0. The van der Waals surface area contributed by atoms with E-state index in [0.29, 0.717) is 22.0 Å². The Morgan fingerprint density at radius 2 is 1.86 bits per heavy atom. The van der Waals surface area contributed by atoms with Gasteiger partial charge in [0.15, 0.2) is 0 Å². The molecule has 3 rings (SSSR count). The van der Waals surface area contributed by atoms with Crippen LogP contribution in [0.5, 0.6) is 0 Å². The highest BCUT2D eigenvalue weighted by molar-refractivity contribution is 6.33. The molecule has 1 amide bonds. The lowest BCUT2D eigenvalue weighted by atomic mass is 10.1. The number of amides is 1. The standard InChI is InChI=1S/C14H10ClN5O/c15-11-6-2-3-7-12(11)17-14(21)10-5-1-4-8-13(10)20-9-16-18-19-20/h1-9H,(H,17,21). The van der Waals surface area contributed by atoms with Crippen LogP contribution in [-0.2, 0) is 0 Å². The SMILES string of the molecule is O=C(Nc1ccccc1Cl)c1ccccc1-n1cnnn1. The Morgan fingerprint density at radius 1 is 1.10 bits per heavy atom. The molecule has 0 unspecified atom stereocenters. The first kappa shape index (κ1) is 13.3. The molecule has 6 nitrogen and oxygen atoms in total. The van der Waals surface area contributed by atoms with Crippen molar-refractivity contribution in [3.8, 4) is 5.69 Å². The van der Waals surface area contributed by atoms with Crippen molar-refractivity contribution in [3.63, 3.8) is 0 Å². The largest absolute Gasteiger partial charge is 0.321 e. The first-order valence-corrected chi connectivity index (χ1v) is 6.52. The molecule has 0 fully saturated rings. The number of halogens is 1. The fourth-order valence-electron chi connectivity index (χ4n) is 1.89. The van der Waals surface area contributed by atoms with Gasteiger partial charge in [-0.3, -0.25) is 4.79 Å². The van der Waals surface area contributed by atoms with Gasteiger partial charge in [-0.1, -0.05) is 35.9 Å². The van der Waals surface area contributed by atoms with Gasteiger partial charge in [-0.05, 0) is 34.7 Å². The van der Waals surface area contributed by atoms with Crippen molar-refractivity contribution in [3.05, 3.63) is 65.4 Å². The fourth-order valence-corrected chi connectivity index (χ4v) is 2.07. The fraction of sp³-hybridized carbons (Fsp3) is 0. The number of benzene rings is 2. The van der Waals surface area contributed by atoms with Crippen LogP contribution in [0, 0.1) is 0 Å². The molecule has 0 aliphatic heterocycles. The summed E-state index contributed by atoms with van der Waals surface area (Å²) < 4.78 is 1.43. The molecule has 1 aromatic heterocycles. The number of aromatic nitrogens is 4. The van der Waals surface area contributed by atoms with E-state index in [-0.39, 0.29) is 5.91 Å². The molecule has 1 N–H and O–H groups in total. The van der Waals surface area contributed by atoms with E-state index >= 15 is 0 Å². The average molecular weight is 300 g/mol. The molecule has 0 saturated heterocycles. The summed E-state index contributed by atoms with van der Waals surface area (Å²) in [5, 5.41) is 14.2. The van der Waals surface area contributed by atoms with Gasteiger partial charge >= 0.3 is 0 Å². The highest BCUT2D eigenvalue weighted by Crippen LogP contribution is 2.22. The number of carbonyl (C=O) groups is 1. The van der Waals surface area contributed by atoms with Crippen LogP contribution in [-0.4, -0.2) is 26.1 Å². The predicted molar refractivity (Wildman–Crippen MR) is 78.6 cm³/mol. The van der Waals surface area contributed by atoms with Crippen LogP contribution in [0.4, 0.5) is 5.69 Å². The van der Waals surface area contributed by atoms with Gasteiger partial charge in [-0.2, -0.15) is 4.68 Å². The molecular weight excluding hydrogens is 290 g/mol. The van der Waals surface area contributed by atoms with E-state index in [4.69, 9.17) is 11.6 Å². The number of para-hydroxylation sites is 2. The third kappa shape index (κ3) is 2.75. The minimum atomic E-state index is -0.283. The summed E-state index contributed by atoms with van der Waals surface area (Å²) in [6.07, 6.45) is 1.43. The number of tetrazole rings is 1. The van der Waals surface area contributed by atoms with Gasteiger partial charge in [0.1, 0.15) is 6.33 Å². The minimum Gasteiger partial charge on any atom is -0.321 e. The zero-order valence-corrected chi connectivity index (χ0v) is 11.5. The number of nitrogens with zero attached hydrogens (tertiary/aromatic N) is 4. The summed E-state index contributed by atoms with van der Waals surface area (Å²) in [7, 11) is 0. The Bertz CT molecular complexity index is 773. The topological polar surface area (TPSA) is 72.7 Å². The maximum atomic E-state index is 12.4. The van der Waals surface area contributed by atoms with E-state index in [0.717, 1.165) is 0 Å². The van der Waals surface area contributed by atoms with Crippen molar-refractivity contribution in [1.29, 1.82) is 0 Å². The van der Waals surface area contributed by atoms with Crippen LogP contribution in [0.1, 0.15) is 10.4 Å². The highest BCUT2D eigenvalue weighted by atomic mass is 35.5. The Balaban J connectivity index is 1.94. The number of nitrogens with one attached hydrogen (secondary N) is 1. The molecule has 1 heterocycles. The Hall–Kier alpha value is -2.73. The van der Waals surface area contributed by atoms with Crippen molar-refractivity contribution >= 4 is 23.2 Å². The van der Waals surface area contributed by atoms with Gasteiger partial charge < -0.3 is 5.32 Å². The van der Waals surface area contributed by atoms with Crippen molar-refractivity contribution in [1.82, 2.24) is 20.2 Å². The molecule has 0 spiro atoms. The number of carbonyl (C=O) groups excluding carboxylic acids is 1. The summed E-state index contributed by atoms with van der Waals surface area (Å²) in [5.41, 5.74) is 1.59. The quantitative estimate of drug-likeness (QED) is 0.806. The smallest absolute Gasteiger partial charge is 0.257 e. The van der Waals surface area contributed by atoms with Gasteiger partial charge in [0, 0.05) is 0 Å². The first-order valence-electron chi connectivity index (χ1n) is 6.14. The zero-order valence-electron chi connectivity index (χ0n) is 10.8. The summed E-state index contributed by atoms with van der Waals surface area (Å²) >= 11 is 6.04. The van der Waals surface area contributed by atoms with Crippen LogP contribution < -0.4 is 5.32 Å². The summed E-state index contributed by atoms with van der Waals surface area (Å²) in [5.74, 6) is -0.283. The van der Waals surface area contributed by atoms with E-state index in [1.807, 2.05) is 6.07 Å². The molecule has 0 bridgehead atoms. The van der Waals surface area contributed by atoms with Crippen molar-refractivity contribution < 1.29 is 4.79 Å². The van der Waals surface area contributed by atoms with E-state index < -0.39 is 0 Å². The first-order chi connectivity index (χ1) is 10.3. The lowest BCUT2D eigenvalue weighted by molar-refractivity contribution is 0.102. The number of rotatable bonds is 3. The molecule has 0 aliphatic rings. The number of hydrogen-bond acceptors (Lipinski definition) is 4. The molecule has 0 saturated carbocycles. The lowest BCUT2D eigenvalue weighted by Crippen LogP contribution is -2.15. The normalized spacial score (nSPS) is 10.3. The third-order valence-corrected chi connectivity index (χ3v) is 3.20. The molecule has 0 radical (unpaired) electrons. The van der Waals surface area contributed by atoms with Gasteiger partial charge in [0.05, 0.1) is 22.0 Å². The van der Waals surface area contributed by atoms with Gasteiger partial charge in [-0.25, -0.2) is 0 Å². The lowest BCUT2D eigenvalue weighted by Gasteiger charge is -2.10. The zero-order chi connectivity index (χ0) is 14.7. The van der Waals surface area contributed by atoms with Gasteiger partial charge in [0.25, 0.3) is 5.91 Å². The third-order valence-electron chi connectivity index (χ3n) is 2.87. The Kier molecular flexibility index (Phi) is 3.61. The van der Waals surface area contributed by atoms with E-state index in [9.17, 15) is 4.79 Å². The van der Waals surface area contributed by atoms with Crippen LogP contribution in [0.25, 0.3) is 5.69 Å². The molecule has 3 aromatic rings. The number of hydrogen-bond donors (Lipinski definition) is 1. The minimum absolute atomic E-state index is 0.283. The van der Waals surface area contributed by atoms with E-state index in [2.05, 4.69) is 20.8 Å². The van der Waals surface area contributed by atoms with Crippen molar-refractivity contribution in [2.75, 3.05) is 5.32 Å². The monoisotopic (exact) mass is 299 g/mol. The molecule has 21 heavy (non-hydrogen) atoms. The average Bonchev–Trinajstić information content (AvgIpc) is 3.04. The maximum Gasteiger partial charge on any atom is 0.257 e. The van der Waals surface area contributed by atoms with E-state index in [1.54, 1.807) is 42.5 Å². The Labute approximate surface area is 125 Å². The molecule has 7 heteroatoms. The van der Waals surface area contributed by atoms with Crippen LogP contribution in [0.15, 0.2) is 54.9 Å². The predicted octanol–water partition coefficient (Wildman–Crippen LogP) is 2.57. The van der Waals surface area contributed by atoms with E-state index in [1.165, 1.54) is 11.0 Å². The second-order valence-corrected chi connectivity index (χ2v) is 4.61. The van der Waals surface area contributed by atoms with Crippen molar-refractivity contribution in [2.45, 2.75) is 0 Å². The number of anilines is 1. The van der Waals surface area contributed by atoms with Gasteiger partial charge in [0.2, 0.25) is 0 Å². The highest BCUT2D eigenvalue weighted by Gasteiger charge is 2.14. The molecule has 2 aromatic carbocycles. The van der Waals surface area contributed by atoms with Crippen LogP contribution in [0.3, 0.4) is 0 Å². The second kappa shape index (κ2) is 5.72. The van der Waals surface area contributed by atoms with Crippen molar-refractivity contribution in [2.24, 2.45) is 0 Å². The molecular formula is C14H10ClN5O. The maximum absolute atomic E-state index is 12.4. The van der Waals surface area contributed by atoms with Crippen LogP contribution >= 0.6 is 11.6 Å². The molecule has 0 aliphatic carbocycles. The molecule has 104 valence electrons. The van der Waals surface area contributed by atoms with Crippen LogP contribution in [0.2, 0.25) is 5.02 Å². The Morgan fingerprint density at radius 3 is 2.62 bits per heavy atom. The van der Waals surface area contributed by atoms with Gasteiger partial charge in [-0.15, -0.1) is 5.10 Å². The summed E-state index contributed by atoms with van der Waals surface area (Å²) in [6, 6.07) is 14.1.